The highest BCUT2D eigenvalue weighted by Crippen LogP contribution is 2.34. The van der Waals surface area contributed by atoms with Gasteiger partial charge in [-0.1, -0.05) is 12.1 Å². The van der Waals surface area contributed by atoms with Crippen LogP contribution in [0.2, 0.25) is 0 Å². The van der Waals surface area contributed by atoms with Crippen molar-refractivity contribution in [3.05, 3.63) is 58.7 Å². The van der Waals surface area contributed by atoms with Crippen molar-refractivity contribution in [3.63, 3.8) is 0 Å². The van der Waals surface area contributed by atoms with Gasteiger partial charge in [0, 0.05) is 12.8 Å². The van der Waals surface area contributed by atoms with Crippen LogP contribution in [-0.4, -0.2) is 83.4 Å². The second-order valence-corrected chi connectivity index (χ2v) is 9.66. The van der Waals surface area contributed by atoms with Crippen LogP contribution in [0.25, 0.3) is 0 Å². The van der Waals surface area contributed by atoms with Gasteiger partial charge in [-0.05, 0) is 37.1 Å². The quantitative estimate of drug-likeness (QED) is 0.476. The molecule has 14 nitrogen and oxygen atoms in total. The molecule has 4 aliphatic heterocycles. The van der Waals surface area contributed by atoms with Gasteiger partial charge in [-0.15, -0.1) is 0 Å². The van der Waals surface area contributed by atoms with E-state index in [-0.39, 0.29) is 47.9 Å². The number of hydrogen-bond acceptors (Lipinski definition) is 10. The second-order valence-electron chi connectivity index (χ2n) is 9.66. The van der Waals surface area contributed by atoms with E-state index in [9.17, 15) is 38.4 Å². The average molecular weight is 577 g/mol. The first kappa shape index (κ1) is 28.1. The summed E-state index contributed by atoms with van der Waals surface area (Å²) in [6, 6.07) is 7.50. The molecule has 2 unspecified atom stereocenters. The highest BCUT2D eigenvalue weighted by atomic mass is 16.5. The third-order valence-corrected chi connectivity index (χ3v) is 7.30. The number of amides is 8. The summed E-state index contributed by atoms with van der Waals surface area (Å²) < 4.78 is 10.2. The Labute approximate surface area is 237 Å². The molecule has 216 valence electrons. The minimum atomic E-state index is -0.959. The van der Waals surface area contributed by atoms with Crippen LogP contribution in [0.5, 0.6) is 11.5 Å². The zero-order valence-electron chi connectivity index (χ0n) is 22.4. The van der Waals surface area contributed by atoms with Gasteiger partial charge in [0.05, 0.1) is 36.5 Å². The lowest BCUT2D eigenvalue weighted by Crippen LogP contribution is -2.54. The molecule has 42 heavy (non-hydrogen) atoms. The molecular weight excluding hydrogens is 552 g/mol. The standard InChI is InChI=1S/2C14H12N2O5/c2*1-21-9-4-2-3-7-11(9)14(20)16(13(7)19)8-5-6-10(17)15-12(8)18/h2*2-4,8H,5-6H2,1H3,(H,15,17,18). The molecule has 2 aromatic carbocycles. The summed E-state index contributed by atoms with van der Waals surface area (Å²) in [6.07, 6.45) is 0.471. The monoisotopic (exact) mass is 576 g/mol. The topological polar surface area (TPSA) is 186 Å². The van der Waals surface area contributed by atoms with Crippen LogP contribution in [0.15, 0.2) is 36.4 Å². The maximum Gasteiger partial charge on any atom is 0.266 e. The highest BCUT2D eigenvalue weighted by molar-refractivity contribution is 6.25. The van der Waals surface area contributed by atoms with Crippen molar-refractivity contribution in [1.82, 2.24) is 20.4 Å². The van der Waals surface area contributed by atoms with Crippen LogP contribution in [-0.2, 0) is 19.2 Å². The molecule has 0 aliphatic carbocycles. The van der Waals surface area contributed by atoms with E-state index in [0.717, 1.165) is 9.80 Å². The number of hydrogen-bond donors (Lipinski definition) is 2. The molecule has 8 amide bonds. The van der Waals surface area contributed by atoms with Crippen LogP contribution in [0.4, 0.5) is 0 Å². The maximum atomic E-state index is 12.5. The Morgan fingerprint density at radius 2 is 0.976 bits per heavy atom. The first-order chi connectivity index (χ1) is 20.1. The molecule has 2 fully saturated rings. The Hall–Kier alpha value is -5.40. The first-order valence-corrected chi connectivity index (χ1v) is 12.9. The maximum absolute atomic E-state index is 12.5. The fourth-order valence-corrected chi connectivity index (χ4v) is 5.31. The van der Waals surface area contributed by atoms with Crippen molar-refractivity contribution < 1.29 is 47.8 Å². The number of carbonyl (C=O) groups is 8. The minimum Gasteiger partial charge on any atom is -0.496 e. The van der Waals surface area contributed by atoms with Gasteiger partial charge in [0.25, 0.3) is 23.6 Å². The number of fused-ring (bicyclic) bond motifs is 2. The summed E-state index contributed by atoms with van der Waals surface area (Å²) in [5.41, 5.74) is 0.748. The van der Waals surface area contributed by atoms with Crippen molar-refractivity contribution in [2.75, 3.05) is 14.2 Å². The van der Waals surface area contributed by atoms with Gasteiger partial charge in [-0.2, -0.15) is 0 Å². The van der Waals surface area contributed by atoms with E-state index in [1.165, 1.54) is 26.4 Å². The van der Waals surface area contributed by atoms with Crippen LogP contribution >= 0.6 is 0 Å². The lowest BCUT2D eigenvalue weighted by atomic mass is 10.0. The van der Waals surface area contributed by atoms with Gasteiger partial charge in [0.2, 0.25) is 23.6 Å². The minimum absolute atomic E-state index is 0.0982. The Bertz CT molecular complexity index is 1480. The molecular formula is C28H24N4O10. The van der Waals surface area contributed by atoms with Crippen molar-refractivity contribution in [2.24, 2.45) is 0 Å². The van der Waals surface area contributed by atoms with Gasteiger partial charge in [-0.25, -0.2) is 0 Å². The van der Waals surface area contributed by atoms with Crippen molar-refractivity contribution in [3.8, 4) is 11.5 Å². The van der Waals surface area contributed by atoms with Crippen LogP contribution < -0.4 is 20.1 Å². The number of imide groups is 4. The predicted molar refractivity (Wildman–Crippen MR) is 139 cm³/mol. The van der Waals surface area contributed by atoms with Crippen molar-refractivity contribution in [2.45, 2.75) is 37.8 Å². The molecule has 6 rings (SSSR count). The SMILES string of the molecule is COc1cccc2c1C(=O)N(C1CCC(=O)NC1=O)C2=O.COc1cccc2c1C(=O)N(C1CCC(=O)NC1=O)C2=O. The molecule has 0 spiro atoms. The fourth-order valence-electron chi connectivity index (χ4n) is 5.31. The lowest BCUT2D eigenvalue weighted by Gasteiger charge is -2.27. The van der Waals surface area contributed by atoms with Crippen LogP contribution in [0.3, 0.4) is 0 Å². The molecule has 2 aromatic rings. The van der Waals surface area contributed by atoms with E-state index in [0.29, 0.717) is 11.5 Å². The van der Waals surface area contributed by atoms with E-state index in [2.05, 4.69) is 10.6 Å². The predicted octanol–water partition coefficient (Wildman–Crippen LogP) is 0.193. The number of ether oxygens (including phenoxy) is 2. The zero-order valence-corrected chi connectivity index (χ0v) is 22.4. The lowest BCUT2D eigenvalue weighted by molar-refractivity contribution is -0.137. The summed E-state index contributed by atoms with van der Waals surface area (Å²) >= 11 is 0. The Morgan fingerprint density at radius 1 is 0.595 bits per heavy atom. The van der Waals surface area contributed by atoms with Crippen molar-refractivity contribution >= 4 is 47.3 Å². The summed E-state index contributed by atoms with van der Waals surface area (Å²) in [5.74, 6) is -3.67. The molecule has 4 heterocycles. The van der Waals surface area contributed by atoms with Crippen LogP contribution in [0, 0.1) is 0 Å². The van der Waals surface area contributed by atoms with Gasteiger partial charge < -0.3 is 9.47 Å². The Morgan fingerprint density at radius 3 is 1.31 bits per heavy atom. The number of nitrogens with one attached hydrogen (secondary N) is 2. The van der Waals surface area contributed by atoms with E-state index in [1.54, 1.807) is 24.3 Å². The number of piperidine rings is 2. The third kappa shape index (κ3) is 4.56. The highest BCUT2D eigenvalue weighted by Gasteiger charge is 2.47. The molecule has 0 bridgehead atoms. The molecule has 0 saturated carbocycles. The normalized spacial score (nSPS) is 21.4. The van der Waals surface area contributed by atoms with E-state index < -0.39 is 59.3 Å². The van der Waals surface area contributed by atoms with Crippen LogP contribution in [0.1, 0.15) is 67.1 Å². The number of methoxy groups -OCH3 is 2. The summed E-state index contributed by atoms with van der Waals surface area (Å²) in [7, 11) is 2.81. The Kier molecular flexibility index (Phi) is 7.29. The molecule has 14 heteroatoms. The molecule has 2 N–H and O–H groups in total. The average Bonchev–Trinajstić information content (AvgIpc) is 3.38. The largest absolute Gasteiger partial charge is 0.496 e. The molecule has 2 saturated heterocycles. The number of nitrogens with zero attached hydrogens (tertiary/aromatic N) is 2. The number of rotatable bonds is 4. The number of carbonyl (C=O) groups excluding carboxylic acids is 8. The zero-order chi connectivity index (χ0) is 30.3. The van der Waals surface area contributed by atoms with Gasteiger partial charge in [0.15, 0.2) is 0 Å². The molecule has 0 radical (unpaired) electrons. The summed E-state index contributed by atoms with van der Waals surface area (Å²) in [5, 5.41) is 4.30. The Balaban J connectivity index is 0.000000168. The van der Waals surface area contributed by atoms with Gasteiger partial charge in [-0.3, -0.25) is 58.8 Å². The van der Waals surface area contributed by atoms with E-state index >= 15 is 0 Å². The van der Waals surface area contributed by atoms with E-state index in [1.807, 2.05) is 0 Å². The van der Waals surface area contributed by atoms with Gasteiger partial charge in [0.1, 0.15) is 23.6 Å². The fraction of sp³-hybridized carbons (Fsp3) is 0.286. The van der Waals surface area contributed by atoms with Gasteiger partial charge >= 0.3 is 0 Å². The molecule has 2 atom stereocenters. The third-order valence-electron chi connectivity index (χ3n) is 7.30. The molecule has 4 aliphatic rings. The van der Waals surface area contributed by atoms with Crippen molar-refractivity contribution in [1.29, 1.82) is 0 Å². The first-order valence-electron chi connectivity index (χ1n) is 12.9. The smallest absolute Gasteiger partial charge is 0.266 e. The second kappa shape index (κ2) is 10.9. The summed E-state index contributed by atoms with van der Waals surface area (Å²) in [6.45, 7) is 0. The number of benzene rings is 2. The summed E-state index contributed by atoms with van der Waals surface area (Å²) in [4.78, 5) is 97.7. The van der Waals surface area contributed by atoms with E-state index in [4.69, 9.17) is 9.47 Å². The molecule has 0 aromatic heterocycles.